The molecule has 0 amide bonds. The third-order valence-corrected chi connectivity index (χ3v) is 4.16. The van der Waals surface area contributed by atoms with Gasteiger partial charge < -0.3 is 5.32 Å². The molecular formula is C14H11ClN2S. The molecule has 0 radical (unpaired) electrons. The molecule has 0 aliphatic carbocycles. The summed E-state index contributed by atoms with van der Waals surface area (Å²) in [5.74, 6) is 0. The number of halogens is 1. The van der Waals surface area contributed by atoms with Crippen molar-refractivity contribution < 1.29 is 0 Å². The molecule has 0 bridgehead atoms. The highest BCUT2D eigenvalue weighted by Crippen LogP contribution is 2.30. The van der Waals surface area contributed by atoms with Gasteiger partial charge in [-0.1, -0.05) is 41.1 Å². The molecule has 0 atom stereocenters. The maximum atomic E-state index is 6.10. The van der Waals surface area contributed by atoms with E-state index in [0.29, 0.717) is 0 Å². The Hall–Kier alpha value is -1.58. The molecule has 1 N–H and O–H groups in total. The fraction of sp³-hybridized carbons (Fsp3) is 0.0714. The molecule has 4 heteroatoms. The number of nitrogens with one attached hydrogen (secondary N) is 1. The fourth-order valence-electron chi connectivity index (χ4n) is 1.78. The van der Waals surface area contributed by atoms with E-state index in [4.69, 9.17) is 11.6 Å². The standard InChI is InChI=1S/C14H11ClN2S/c1-9-10(15)5-4-7-11(9)16-14-17-12-6-2-3-8-13(12)18-14/h2-8H,1H3,(H,16,17). The molecule has 2 nitrogen and oxygen atoms in total. The van der Waals surface area contributed by atoms with Crippen molar-refractivity contribution in [3.05, 3.63) is 53.1 Å². The van der Waals surface area contributed by atoms with Crippen LogP contribution in [0.15, 0.2) is 42.5 Å². The molecule has 0 fully saturated rings. The first-order valence-electron chi connectivity index (χ1n) is 5.62. The molecule has 3 aromatic rings. The zero-order chi connectivity index (χ0) is 12.5. The third-order valence-electron chi connectivity index (χ3n) is 2.80. The summed E-state index contributed by atoms with van der Waals surface area (Å²) in [6, 6.07) is 13.9. The minimum absolute atomic E-state index is 0.765. The molecule has 0 saturated carbocycles. The van der Waals surface area contributed by atoms with Crippen LogP contribution in [-0.4, -0.2) is 4.98 Å². The minimum atomic E-state index is 0.765. The first-order valence-corrected chi connectivity index (χ1v) is 6.81. The van der Waals surface area contributed by atoms with Crippen LogP contribution in [-0.2, 0) is 0 Å². The SMILES string of the molecule is Cc1c(Cl)cccc1Nc1nc2ccccc2s1. The average Bonchev–Trinajstić information content (AvgIpc) is 2.77. The van der Waals surface area contributed by atoms with Gasteiger partial charge in [0.05, 0.1) is 10.2 Å². The lowest BCUT2D eigenvalue weighted by atomic mass is 10.2. The van der Waals surface area contributed by atoms with Gasteiger partial charge in [0.25, 0.3) is 0 Å². The Morgan fingerprint density at radius 1 is 1.11 bits per heavy atom. The Balaban J connectivity index is 1.99. The third kappa shape index (κ3) is 2.07. The number of hydrogen-bond acceptors (Lipinski definition) is 3. The summed E-state index contributed by atoms with van der Waals surface area (Å²) >= 11 is 7.74. The maximum Gasteiger partial charge on any atom is 0.188 e. The number of fused-ring (bicyclic) bond motifs is 1. The molecule has 0 spiro atoms. The summed E-state index contributed by atoms with van der Waals surface area (Å²) in [7, 11) is 0. The van der Waals surface area contributed by atoms with E-state index in [0.717, 1.165) is 26.9 Å². The summed E-state index contributed by atoms with van der Waals surface area (Å²) in [6.45, 7) is 2.00. The monoisotopic (exact) mass is 274 g/mol. The van der Waals surface area contributed by atoms with Crippen molar-refractivity contribution in [3.63, 3.8) is 0 Å². The van der Waals surface area contributed by atoms with Gasteiger partial charge in [-0.15, -0.1) is 0 Å². The van der Waals surface area contributed by atoms with E-state index in [9.17, 15) is 0 Å². The Morgan fingerprint density at radius 2 is 1.94 bits per heavy atom. The Bertz CT molecular complexity index is 673. The van der Waals surface area contributed by atoms with Gasteiger partial charge in [-0.2, -0.15) is 0 Å². The van der Waals surface area contributed by atoms with Crippen LogP contribution in [0.5, 0.6) is 0 Å². The summed E-state index contributed by atoms with van der Waals surface area (Å²) in [5.41, 5.74) is 3.06. The van der Waals surface area contributed by atoms with Crippen LogP contribution in [0.25, 0.3) is 10.2 Å². The number of aromatic nitrogens is 1. The van der Waals surface area contributed by atoms with Crippen molar-refractivity contribution in [1.82, 2.24) is 4.98 Å². The van der Waals surface area contributed by atoms with E-state index in [1.165, 1.54) is 4.70 Å². The summed E-state index contributed by atoms with van der Waals surface area (Å²) in [6.07, 6.45) is 0. The number of anilines is 2. The van der Waals surface area contributed by atoms with Crippen LogP contribution >= 0.6 is 22.9 Å². The zero-order valence-corrected chi connectivity index (χ0v) is 11.3. The lowest BCUT2D eigenvalue weighted by Crippen LogP contribution is -1.92. The van der Waals surface area contributed by atoms with Gasteiger partial charge in [-0.05, 0) is 36.8 Å². The van der Waals surface area contributed by atoms with E-state index >= 15 is 0 Å². The van der Waals surface area contributed by atoms with Gasteiger partial charge in [0.2, 0.25) is 0 Å². The average molecular weight is 275 g/mol. The lowest BCUT2D eigenvalue weighted by Gasteiger charge is -2.07. The Labute approximate surface area is 114 Å². The Morgan fingerprint density at radius 3 is 2.78 bits per heavy atom. The molecule has 0 unspecified atom stereocenters. The van der Waals surface area contributed by atoms with E-state index < -0.39 is 0 Å². The van der Waals surface area contributed by atoms with Crippen molar-refractivity contribution in [2.24, 2.45) is 0 Å². The number of hydrogen-bond donors (Lipinski definition) is 1. The van der Waals surface area contributed by atoms with E-state index in [1.807, 2.05) is 43.3 Å². The van der Waals surface area contributed by atoms with Gasteiger partial charge in [0.1, 0.15) is 0 Å². The quantitative estimate of drug-likeness (QED) is 0.711. The van der Waals surface area contributed by atoms with E-state index in [2.05, 4.69) is 16.4 Å². The van der Waals surface area contributed by atoms with Gasteiger partial charge in [-0.25, -0.2) is 4.98 Å². The van der Waals surface area contributed by atoms with Gasteiger partial charge >= 0.3 is 0 Å². The number of thiazole rings is 1. The molecule has 1 heterocycles. The molecule has 18 heavy (non-hydrogen) atoms. The van der Waals surface area contributed by atoms with Crippen molar-refractivity contribution >= 4 is 44.0 Å². The summed E-state index contributed by atoms with van der Waals surface area (Å²) in [4.78, 5) is 4.54. The van der Waals surface area contributed by atoms with Crippen LogP contribution in [0.2, 0.25) is 5.02 Å². The molecule has 1 aromatic heterocycles. The second-order valence-electron chi connectivity index (χ2n) is 4.02. The van der Waals surface area contributed by atoms with E-state index in [1.54, 1.807) is 11.3 Å². The zero-order valence-electron chi connectivity index (χ0n) is 9.77. The molecule has 0 saturated heterocycles. The number of nitrogens with zero attached hydrogens (tertiary/aromatic N) is 1. The first-order chi connectivity index (χ1) is 8.74. The molecular weight excluding hydrogens is 264 g/mol. The normalized spacial score (nSPS) is 10.8. The highest BCUT2D eigenvalue weighted by molar-refractivity contribution is 7.22. The second-order valence-corrected chi connectivity index (χ2v) is 5.46. The predicted octanol–water partition coefficient (Wildman–Crippen LogP) is 5.00. The maximum absolute atomic E-state index is 6.10. The minimum Gasteiger partial charge on any atom is -0.331 e. The van der Waals surface area contributed by atoms with Crippen molar-refractivity contribution in [2.75, 3.05) is 5.32 Å². The number of para-hydroxylation sites is 1. The van der Waals surface area contributed by atoms with Gasteiger partial charge in [-0.3, -0.25) is 0 Å². The van der Waals surface area contributed by atoms with E-state index in [-0.39, 0.29) is 0 Å². The van der Waals surface area contributed by atoms with Crippen LogP contribution in [0.4, 0.5) is 10.8 Å². The topological polar surface area (TPSA) is 24.9 Å². The molecule has 0 aliphatic heterocycles. The van der Waals surface area contributed by atoms with Crippen molar-refractivity contribution in [3.8, 4) is 0 Å². The van der Waals surface area contributed by atoms with Crippen LogP contribution < -0.4 is 5.32 Å². The predicted molar refractivity (Wildman–Crippen MR) is 79.1 cm³/mol. The molecule has 90 valence electrons. The Kier molecular flexibility index (Phi) is 2.94. The highest BCUT2D eigenvalue weighted by Gasteiger charge is 2.06. The molecule has 3 rings (SSSR count). The second kappa shape index (κ2) is 4.59. The number of rotatable bonds is 2. The van der Waals surface area contributed by atoms with Crippen LogP contribution in [0, 0.1) is 6.92 Å². The first kappa shape index (κ1) is 11.5. The van der Waals surface area contributed by atoms with Crippen LogP contribution in [0.1, 0.15) is 5.56 Å². The van der Waals surface area contributed by atoms with Crippen molar-refractivity contribution in [1.29, 1.82) is 0 Å². The molecule has 0 aliphatic rings. The number of benzene rings is 2. The lowest BCUT2D eigenvalue weighted by molar-refractivity contribution is 1.40. The van der Waals surface area contributed by atoms with Gasteiger partial charge in [0.15, 0.2) is 5.13 Å². The molecule has 2 aromatic carbocycles. The van der Waals surface area contributed by atoms with Gasteiger partial charge in [0, 0.05) is 10.7 Å². The summed E-state index contributed by atoms with van der Waals surface area (Å²) < 4.78 is 1.18. The van der Waals surface area contributed by atoms with Crippen molar-refractivity contribution in [2.45, 2.75) is 6.92 Å². The largest absolute Gasteiger partial charge is 0.331 e. The highest BCUT2D eigenvalue weighted by atomic mass is 35.5. The fourth-order valence-corrected chi connectivity index (χ4v) is 2.84. The van der Waals surface area contributed by atoms with Crippen LogP contribution in [0.3, 0.4) is 0 Å². The smallest absolute Gasteiger partial charge is 0.188 e. The summed E-state index contributed by atoms with van der Waals surface area (Å²) in [5, 5.41) is 4.98.